The number of fused-ring (bicyclic) bond motifs is 3. The van der Waals surface area contributed by atoms with Crippen molar-refractivity contribution in [1.82, 2.24) is 0 Å². The second-order valence-electron chi connectivity index (χ2n) is 7.07. The smallest absolute Gasteiger partial charge is 0.0653 e. The van der Waals surface area contributed by atoms with Crippen LogP contribution in [0.15, 0.2) is 0 Å². The van der Waals surface area contributed by atoms with E-state index < -0.39 is 0 Å². The van der Waals surface area contributed by atoms with Gasteiger partial charge in [-0.3, -0.25) is 0 Å². The molecule has 0 aromatic heterocycles. The number of hydrogen-bond donors (Lipinski definition) is 1. The molecule has 0 saturated heterocycles. The van der Waals surface area contributed by atoms with E-state index in [1.54, 1.807) is 0 Å². The molecule has 0 spiro atoms. The molecule has 0 bridgehead atoms. The van der Waals surface area contributed by atoms with Crippen LogP contribution >= 0.6 is 0 Å². The SMILES string of the molecule is CC1(O)CCC2CCCC3C(C21)C3(C)C. The maximum absolute atomic E-state index is 10.5. The summed E-state index contributed by atoms with van der Waals surface area (Å²) in [5, 5.41) is 10.5. The van der Waals surface area contributed by atoms with E-state index in [9.17, 15) is 5.11 Å². The van der Waals surface area contributed by atoms with Crippen molar-refractivity contribution in [3.8, 4) is 0 Å². The Bertz CT molecular complexity index is 277. The summed E-state index contributed by atoms with van der Waals surface area (Å²) < 4.78 is 0. The van der Waals surface area contributed by atoms with Crippen LogP contribution in [-0.2, 0) is 0 Å². The summed E-state index contributed by atoms with van der Waals surface area (Å²) in [6.45, 7) is 6.92. The molecule has 0 aromatic carbocycles. The van der Waals surface area contributed by atoms with Crippen molar-refractivity contribution in [2.24, 2.45) is 29.1 Å². The van der Waals surface area contributed by atoms with E-state index >= 15 is 0 Å². The minimum atomic E-state index is -0.355. The molecule has 3 aliphatic rings. The lowest BCUT2D eigenvalue weighted by Gasteiger charge is -2.30. The van der Waals surface area contributed by atoms with E-state index in [-0.39, 0.29) is 5.60 Å². The molecule has 5 atom stereocenters. The Morgan fingerprint density at radius 1 is 1.00 bits per heavy atom. The first kappa shape index (κ1) is 10.1. The molecule has 0 radical (unpaired) electrons. The molecule has 1 N–H and O–H groups in total. The van der Waals surface area contributed by atoms with Gasteiger partial charge in [0.25, 0.3) is 0 Å². The van der Waals surface area contributed by atoms with Crippen LogP contribution in [-0.4, -0.2) is 10.7 Å². The van der Waals surface area contributed by atoms with Gasteiger partial charge in [-0.05, 0) is 55.3 Å². The van der Waals surface area contributed by atoms with Gasteiger partial charge < -0.3 is 5.11 Å². The summed E-state index contributed by atoms with van der Waals surface area (Å²) in [7, 11) is 0. The van der Waals surface area contributed by atoms with Crippen LogP contribution in [0.25, 0.3) is 0 Å². The molecule has 86 valence electrons. The maximum atomic E-state index is 10.5. The fourth-order valence-electron chi connectivity index (χ4n) is 4.99. The first-order chi connectivity index (χ1) is 6.94. The first-order valence-corrected chi connectivity index (χ1v) is 6.67. The number of rotatable bonds is 0. The van der Waals surface area contributed by atoms with Crippen LogP contribution in [0, 0.1) is 29.1 Å². The van der Waals surface area contributed by atoms with Crippen LogP contribution in [0.4, 0.5) is 0 Å². The monoisotopic (exact) mass is 208 g/mol. The minimum Gasteiger partial charge on any atom is -0.390 e. The number of hydrogen-bond acceptors (Lipinski definition) is 1. The van der Waals surface area contributed by atoms with Crippen molar-refractivity contribution in [2.75, 3.05) is 0 Å². The lowest BCUT2D eigenvalue weighted by atomic mass is 9.79. The molecule has 3 rings (SSSR count). The summed E-state index contributed by atoms with van der Waals surface area (Å²) in [5.74, 6) is 3.18. The molecule has 3 aliphatic carbocycles. The zero-order chi connectivity index (χ0) is 10.8. The van der Waals surface area contributed by atoms with Crippen LogP contribution in [0.5, 0.6) is 0 Å². The highest BCUT2D eigenvalue weighted by Crippen LogP contribution is 2.70. The van der Waals surface area contributed by atoms with E-state index in [4.69, 9.17) is 0 Å². The maximum Gasteiger partial charge on any atom is 0.0653 e. The summed E-state index contributed by atoms with van der Waals surface area (Å²) in [6.07, 6.45) is 6.52. The number of aliphatic hydroxyl groups is 1. The molecule has 0 amide bonds. The molecule has 0 aliphatic heterocycles. The van der Waals surface area contributed by atoms with Gasteiger partial charge in [-0.2, -0.15) is 0 Å². The molecule has 3 fully saturated rings. The van der Waals surface area contributed by atoms with Crippen LogP contribution < -0.4 is 0 Å². The Morgan fingerprint density at radius 2 is 1.73 bits per heavy atom. The van der Waals surface area contributed by atoms with Crippen molar-refractivity contribution >= 4 is 0 Å². The van der Waals surface area contributed by atoms with Crippen molar-refractivity contribution in [1.29, 1.82) is 0 Å². The first-order valence-electron chi connectivity index (χ1n) is 6.67. The summed E-state index contributed by atoms with van der Waals surface area (Å²) >= 11 is 0. The van der Waals surface area contributed by atoms with E-state index in [2.05, 4.69) is 20.8 Å². The Labute approximate surface area is 93.3 Å². The van der Waals surface area contributed by atoms with Crippen LogP contribution in [0.1, 0.15) is 52.9 Å². The predicted molar refractivity (Wildman–Crippen MR) is 61.4 cm³/mol. The highest BCUT2D eigenvalue weighted by molar-refractivity contribution is 5.15. The average molecular weight is 208 g/mol. The molecule has 15 heavy (non-hydrogen) atoms. The van der Waals surface area contributed by atoms with Gasteiger partial charge in [0.1, 0.15) is 0 Å². The van der Waals surface area contributed by atoms with E-state index in [0.29, 0.717) is 11.3 Å². The topological polar surface area (TPSA) is 20.2 Å². The molecule has 5 unspecified atom stereocenters. The van der Waals surface area contributed by atoms with Gasteiger partial charge in [0, 0.05) is 0 Å². The zero-order valence-corrected chi connectivity index (χ0v) is 10.3. The third-order valence-electron chi connectivity index (χ3n) is 5.86. The van der Waals surface area contributed by atoms with Gasteiger partial charge in [-0.1, -0.05) is 26.7 Å². The van der Waals surface area contributed by atoms with Gasteiger partial charge in [0.2, 0.25) is 0 Å². The molecule has 1 heteroatoms. The Balaban J connectivity index is 1.92. The van der Waals surface area contributed by atoms with E-state index in [0.717, 1.165) is 24.2 Å². The van der Waals surface area contributed by atoms with Gasteiger partial charge in [0.05, 0.1) is 5.60 Å². The molecule has 1 nitrogen and oxygen atoms in total. The largest absolute Gasteiger partial charge is 0.390 e. The van der Waals surface area contributed by atoms with Crippen molar-refractivity contribution in [2.45, 2.75) is 58.5 Å². The van der Waals surface area contributed by atoms with Crippen molar-refractivity contribution in [3.05, 3.63) is 0 Å². The van der Waals surface area contributed by atoms with Crippen LogP contribution in [0.2, 0.25) is 0 Å². The average Bonchev–Trinajstić information content (AvgIpc) is 2.62. The molecular formula is C14H24O. The summed E-state index contributed by atoms with van der Waals surface area (Å²) in [6, 6.07) is 0. The van der Waals surface area contributed by atoms with Crippen molar-refractivity contribution in [3.63, 3.8) is 0 Å². The zero-order valence-electron chi connectivity index (χ0n) is 10.3. The lowest BCUT2D eigenvalue weighted by molar-refractivity contribution is -0.00543. The minimum absolute atomic E-state index is 0.355. The highest BCUT2D eigenvalue weighted by Gasteiger charge is 2.66. The van der Waals surface area contributed by atoms with Crippen molar-refractivity contribution < 1.29 is 5.11 Å². The molecular weight excluding hydrogens is 184 g/mol. The quantitative estimate of drug-likeness (QED) is 0.648. The fourth-order valence-corrected chi connectivity index (χ4v) is 4.99. The summed E-state index contributed by atoms with van der Waals surface area (Å²) in [5.41, 5.74) is 0.170. The van der Waals surface area contributed by atoms with Gasteiger partial charge in [-0.25, -0.2) is 0 Å². The fraction of sp³-hybridized carbons (Fsp3) is 1.00. The van der Waals surface area contributed by atoms with Gasteiger partial charge >= 0.3 is 0 Å². The van der Waals surface area contributed by atoms with E-state index in [1.165, 1.54) is 25.7 Å². The normalized spacial score (nSPS) is 56.8. The Morgan fingerprint density at radius 3 is 2.47 bits per heavy atom. The Hall–Kier alpha value is -0.0400. The van der Waals surface area contributed by atoms with E-state index in [1.807, 2.05) is 0 Å². The second kappa shape index (κ2) is 2.80. The second-order valence-corrected chi connectivity index (χ2v) is 7.07. The van der Waals surface area contributed by atoms with Gasteiger partial charge in [0.15, 0.2) is 0 Å². The molecule has 3 saturated carbocycles. The predicted octanol–water partition coefficient (Wildman–Crippen LogP) is 3.22. The standard InChI is InChI=1S/C14H24O/c1-13(2)10-6-4-5-9-7-8-14(3,15)11(9)12(10)13/h9-12,15H,4-8H2,1-3H3. The molecule has 0 heterocycles. The third kappa shape index (κ3) is 1.25. The highest BCUT2D eigenvalue weighted by atomic mass is 16.3. The van der Waals surface area contributed by atoms with Crippen LogP contribution in [0.3, 0.4) is 0 Å². The molecule has 0 aromatic rings. The Kier molecular flexibility index (Phi) is 1.89. The summed E-state index contributed by atoms with van der Waals surface area (Å²) in [4.78, 5) is 0. The lowest BCUT2D eigenvalue weighted by Crippen LogP contribution is -2.34. The third-order valence-corrected chi connectivity index (χ3v) is 5.86. The van der Waals surface area contributed by atoms with Gasteiger partial charge in [-0.15, -0.1) is 0 Å².